The number of methoxy groups -OCH3 is 3. The molecule has 1 atom stereocenters. The van der Waals surface area contributed by atoms with Crippen LogP contribution in [-0.2, 0) is 0 Å². The molecule has 8 heteroatoms. The molecular weight excluding hydrogens is 350 g/mol. The highest BCUT2D eigenvalue weighted by atomic mass is 16.5. The first-order valence-corrected chi connectivity index (χ1v) is 8.68. The quantitative estimate of drug-likeness (QED) is 0.767. The molecule has 0 saturated carbocycles. The fourth-order valence-corrected chi connectivity index (χ4v) is 2.99. The second-order valence-corrected chi connectivity index (χ2v) is 6.13. The van der Waals surface area contributed by atoms with E-state index in [1.807, 2.05) is 0 Å². The van der Waals surface area contributed by atoms with E-state index in [1.54, 1.807) is 37.3 Å². The number of ether oxygens (including phenoxy) is 4. The predicted octanol–water partition coefficient (Wildman–Crippen LogP) is 2.19. The molecule has 144 valence electrons. The van der Waals surface area contributed by atoms with E-state index in [9.17, 15) is 4.79 Å². The molecule has 0 N–H and O–H groups in total. The van der Waals surface area contributed by atoms with Gasteiger partial charge >= 0.3 is 0 Å². The van der Waals surface area contributed by atoms with Crippen LogP contribution >= 0.6 is 0 Å². The summed E-state index contributed by atoms with van der Waals surface area (Å²) < 4.78 is 21.5. The van der Waals surface area contributed by atoms with Crippen molar-refractivity contribution in [1.29, 1.82) is 0 Å². The van der Waals surface area contributed by atoms with E-state index in [1.165, 1.54) is 19.5 Å². The molecule has 1 fully saturated rings. The number of piperidine rings is 1. The van der Waals surface area contributed by atoms with Crippen LogP contribution < -0.4 is 18.9 Å². The summed E-state index contributed by atoms with van der Waals surface area (Å²) in [6.45, 7) is 1.14. The van der Waals surface area contributed by atoms with E-state index in [2.05, 4.69) is 9.97 Å². The number of carbonyl (C=O) groups excluding carboxylic acids is 1. The summed E-state index contributed by atoms with van der Waals surface area (Å²) in [5.74, 6) is 1.84. The summed E-state index contributed by atoms with van der Waals surface area (Å²) in [5, 5.41) is 0. The Kier molecular flexibility index (Phi) is 5.95. The van der Waals surface area contributed by atoms with Gasteiger partial charge in [-0.15, -0.1) is 0 Å². The number of carbonyl (C=O) groups is 1. The highest BCUT2D eigenvalue weighted by Crippen LogP contribution is 2.25. The Labute approximate surface area is 158 Å². The van der Waals surface area contributed by atoms with E-state index in [0.717, 1.165) is 12.8 Å². The number of hydrogen-bond acceptors (Lipinski definition) is 7. The van der Waals surface area contributed by atoms with Gasteiger partial charge in [-0.1, -0.05) is 0 Å². The Hall–Kier alpha value is -3.03. The fraction of sp³-hybridized carbons (Fsp3) is 0.421. The van der Waals surface area contributed by atoms with Crippen molar-refractivity contribution >= 4 is 5.91 Å². The van der Waals surface area contributed by atoms with E-state index in [4.69, 9.17) is 18.9 Å². The van der Waals surface area contributed by atoms with Crippen LogP contribution in [0.15, 0.2) is 30.6 Å². The Morgan fingerprint density at radius 3 is 2.41 bits per heavy atom. The molecule has 1 aliphatic rings. The summed E-state index contributed by atoms with van der Waals surface area (Å²) >= 11 is 0. The third-order valence-corrected chi connectivity index (χ3v) is 4.35. The minimum absolute atomic E-state index is 0.0859. The Morgan fingerprint density at radius 2 is 1.74 bits per heavy atom. The number of benzene rings is 1. The molecule has 0 spiro atoms. The summed E-state index contributed by atoms with van der Waals surface area (Å²) in [6.07, 6.45) is 4.58. The number of likely N-dealkylation sites (tertiary alicyclic amines) is 1. The molecule has 2 aromatic rings. The molecule has 1 aromatic carbocycles. The summed E-state index contributed by atoms with van der Waals surface area (Å²) in [4.78, 5) is 23.0. The monoisotopic (exact) mass is 373 g/mol. The van der Waals surface area contributed by atoms with Gasteiger partial charge in [-0.05, 0) is 25.0 Å². The second-order valence-electron chi connectivity index (χ2n) is 6.13. The number of rotatable bonds is 6. The molecule has 2 heterocycles. The van der Waals surface area contributed by atoms with Gasteiger partial charge in [0.1, 0.15) is 17.6 Å². The average molecular weight is 373 g/mol. The highest BCUT2D eigenvalue weighted by molar-refractivity contribution is 5.95. The van der Waals surface area contributed by atoms with Crippen molar-refractivity contribution in [2.45, 2.75) is 18.9 Å². The van der Waals surface area contributed by atoms with Gasteiger partial charge in [0, 0.05) is 18.2 Å². The van der Waals surface area contributed by atoms with Gasteiger partial charge in [-0.2, -0.15) is 4.98 Å². The van der Waals surface area contributed by atoms with Gasteiger partial charge in [0.25, 0.3) is 5.91 Å². The van der Waals surface area contributed by atoms with E-state index in [0.29, 0.717) is 41.9 Å². The largest absolute Gasteiger partial charge is 0.497 e. The highest BCUT2D eigenvalue weighted by Gasteiger charge is 2.26. The fourth-order valence-electron chi connectivity index (χ4n) is 2.99. The van der Waals surface area contributed by atoms with Crippen molar-refractivity contribution in [2.75, 3.05) is 34.4 Å². The van der Waals surface area contributed by atoms with Crippen molar-refractivity contribution in [1.82, 2.24) is 14.9 Å². The van der Waals surface area contributed by atoms with Crippen molar-refractivity contribution in [3.8, 4) is 23.3 Å². The summed E-state index contributed by atoms with van der Waals surface area (Å²) in [7, 11) is 4.64. The molecule has 27 heavy (non-hydrogen) atoms. The third kappa shape index (κ3) is 4.58. The molecule has 1 aromatic heterocycles. The van der Waals surface area contributed by atoms with Crippen LogP contribution in [0.2, 0.25) is 0 Å². The van der Waals surface area contributed by atoms with Gasteiger partial charge in [-0.25, -0.2) is 0 Å². The maximum absolute atomic E-state index is 12.9. The smallest absolute Gasteiger partial charge is 0.254 e. The molecule has 1 amide bonds. The van der Waals surface area contributed by atoms with Crippen LogP contribution in [0.25, 0.3) is 0 Å². The zero-order valence-electron chi connectivity index (χ0n) is 15.7. The van der Waals surface area contributed by atoms with Crippen molar-refractivity contribution in [3.05, 3.63) is 36.2 Å². The molecule has 0 bridgehead atoms. The molecule has 1 saturated heterocycles. The third-order valence-electron chi connectivity index (χ3n) is 4.35. The Balaban J connectivity index is 1.71. The Bertz CT molecular complexity index is 776. The van der Waals surface area contributed by atoms with Crippen LogP contribution in [0.1, 0.15) is 23.2 Å². The SMILES string of the molecule is COc1cc(OC)cc(C(=O)N2CCCC(Oc3cncc(OC)n3)C2)c1. The minimum Gasteiger partial charge on any atom is -0.497 e. The predicted molar refractivity (Wildman–Crippen MR) is 97.7 cm³/mol. The summed E-state index contributed by atoms with van der Waals surface area (Å²) in [5.41, 5.74) is 0.521. The van der Waals surface area contributed by atoms with Crippen molar-refractivity contribution < 1.29 is 23.7 Å². The number of hydrogen-bond donors (Lipinski definition) is 0. The first kappa shape index (κ1) is 18.8. The van der Waals surface area contributed by atoms with Crippen LogP contribution in [-0.4, -0.2) is 61.3 Å². The lowest BCUT2D eigenvalue weighted by atomic mass is 10.1. The lowest BCUT2D eigenvalue weighted by Crippen LogP contribution is -2.44. The van der Waals surface area contributed by atoms with Crippen LogP contribution in [0.3, 0.4) is 0 Å². The van der Waals surface area contributed by atoms with Gasteiger partial charge in [0.05, 0.1) is 40.3 Å². The van der Waals surface area contributed by atoms with Crippen molar-refractivity contribution in [2.24, 2.45) is 0 Å². The molecule has 1 unspecified atom stereocenters. The molecular formula is C19H23N3O5. The number of nitrogens with zero attached hydrogens (tertiary/aromatic N) is 3. The Morgan fingerprint density at radius 1 is 1.04 bits per heavy atom. The lowest BCUT2D eigenvalue weighted by Gasteiger charge is -2.32. The van der Waals surface area contributed by atoms with Crippen molar-refractivity contribution in [3.63, 3.8) is 0 Å². The molecule has 0 radical (unpaired) electrons. The maximum Gasteiger partial charge on any atom is 0.254 e. The van der Waals surface area contributed by atoms with E-state index in [-0.39, 0.29) is 12.0 Å². The minimum atomic E-state index is -0.156. The topological polar surface area (TPSA) is 83.0 Å². The normalized spacial score (nSPS) is 16.6. The molecule has 3 rings (SSSR count). The molecule has 8 nitrogen and oxygen atoms in total. The van der Waals surface area contributed by atoms with E-state index >= 15 is 0 Å². The summed E-state index contributed by atoms with van der Waals surface area (Å²) in [6, 6.07) is 5.16. The number of amides is 1. The van der Waals surface area contributed by atoms with Gasteiger partial charge in [0.15, 0.2) is 0 Å². The molecule has 0 aliphatic carbocycles. The number of aromatic nitrogens is 2. The van der Waals surface area contributed by atoms with Crippen LogP contribution in [0.4, 0.5) is 0 Å². The van der Waals surface area contributed by atoms with E-state index < -0.39 is 0 Å². The standard InChI is InChI=1S/C19H23N3O5/c1-24-15-7-13(8-16(9-15)25-2)19(23)22-6-4-5-14(12-22)27-18-11-20-10-17(21-18)26-3/h7-11,14H,4-6,12H2,1-3H3. The first-order chi connectivity index (χ1) is 13.1. The second kappa shape index (κ2) is 8.57. The maximum atomic E-state index is 12.9. The van der Waals surface area contributed by atoms with Crippen LogP contribution in [0, 0.1) is 0 Å². The average Bonchev–Trinajstić information content (AvgIpc) is 2.73. The van der Waals surface area contributed by atoms with Gasteiger partial charge in [0.2, 0.25) is 11.8 Å². The zero-order chi connectivity index (χ0) is 19.2. The molecule has 1 aliphatic heterocycles. The first-order valence-electron chi connectivity index (χ1n) is 8.68. The lowest BCUT2D eigenvalue weighted by molar-refractivity contribution is 0.0524. The zero-order valence-corrected chi connectivity index (χ0v) is 15.7. The van der Waals surface area contributed by atoms with Gasteiger partial charge in [-0.3, -0.25) is 9.78 Å². The van der Waals surface area contributed by atoms with Crippen LogP contribution in [0.5, 0.6) is 23.3 Å². The van der Waals surface area contributed by atoms with Gasteiger partial charge < -0.3 is 23.8 Å².